The maximum atomic E-state index is 11.8. The number of carboxylic acids is 1. The van der Waals surface area contributed by atoms with Crippen molar-refractivity contribution in [3.8, 4) is 0 Å². The minimum Gasteiger partial charge on any atom is -0.481 e. The number of nitrogens with one attached hydrogen (secondary N) is 1. The van der Waals surface area contributed by atoms with E-state index in [-0.39, 0.29) is 18.5 Å². The Morgan fingerprint density at radius 2 is 2.35 bits per heavy atom. The van der Waals surface area contributed by atoms with Crippen LogP contribution in [-0.4, -0.2) is 52.6 Å². The number of carbonyl (C=O) groups is 2. The van der Waals surface area contributed by atoms with Gasteiger partial charge in [0.25, 0.3) is 0 Å². The monoisotopic (exact) mass is 258 g/mol. The second-order valence-corrected chi connectivity index (χ2v) is 4.98. The summed E-state index contributed by atoms with van der Waals surface area (Å²) in [6, 6.07) is -0.367. The van der Waals surface area contributed by atoms with Crippen molar-refractivity contribution in [2.75, 3.05) is 24.6 Å². The average Bonchev–Trinajstić information content (AvgIpc) is 2.29. The summed E-state index contributed by atoms with van der Waals surface area (Å²) < 4.78 is 0. The minimum absolute atomic E-state index is 0.0158. The zero-order valence-corrected chi connectivity index (χ0v) is 10.5. The van der Waals surface area contributed by atoms with Gasteiger partial charge in [0.2, 0.25) is 0 Å². The summed E-state index contributed by atoms with van der Waals surface area (Å²) in [6.45, 7) is 4.74. The van der Waals surface area contributed by atoms with Gasteiger partial charge in [-0.05, 0) is 6.42 Å². The molecule has 0 radical (unpaired) electrons. The fourth-order valence-electron chi connectivity index (χ4n) is 1.68. The summed E-state index contributed by atoms with van der Waals surface area (Å²) >= 11 is 1.69. The van der Waals surface area contributed by atoms with Crippen molar-refractivity contribution in [1.29, 1.82) is 0 Å². The van der Waals surface area contributed by atoms with Gasteiger partial charge in [-0.1, -0.05) is 6.08 Å². The number of urea groups is 1. The molecule has 0 spiro atoms. The lowest BCUT2D eigenvalue weighted by molar-refractivity contribution is -0.137. The Hall–Kier alpha value is -1.17. The Bertz CT molecular complexity index is 296. The molecule has 6 heteroatoms. The first-order valence-corrected chi connectivity index (χ1v) is 6.75. The van der Waals surface area contributed by atoms with E-state index in [1.54, 1.807) is 22.7 Å². The maximum absolute atomic E-state index is 11.8. The highest BCUT2D eigenvalue weighted by Crippen LogP contribution is 2.18. The number of carboxylic acid groups (broad SMARTS) is 1. The molecule has 1 heterocycles. The molecule has 1 fully saturated rings. The van der Waals surface area contributed by atoms with Crippen LogP contribution in [0, 0.1) is 0 Å². The van der Waals surface area contributed by atoms with Gasteiger partial charge < -0.3 is 15.3 Å². The number of hydrogen-bond donors (Lipinski definition) is 2. The second-order valence-electron chi connectivity index (χ2n) is 3.83. The molecular weight excluding hydrogens is 240 g/mol. The van der Waals surface area contributed by atoms with E-state index in [1.807, 2.05) is 0 Å². The number of aliphatic carboxylic acids is 1. The largest absolute Gasteiger partial charge is 0.481 e. The Labute approximate surface area is 105 Å². The number of amides is 2. The molecule has 17 heavy (non-hydrogen) atoms. The fraction of sp³-hybridized carbons (Fsp3) is 0.636. The summed E-state index contributed by atoms with van der Waals surface area (Å²) in [5.74, 6) is 0.702. The zero-order chi connectivity index (χ0) is 12.7. The first-order chi connectivity index (χ1) is 8.15. The quantitative estimate of drug-likeness (QED) is 0.573. The Morgan fingerprint density at radius 1 is 1.59 bits per heavy atom. The molecule has 1 atom stereocenters. The first-order valence-electron chi connectivity index (χ1n) is 5.60. The van der Waals surface area contributed by atoms with Gasteiger partial charge in [-0.3, -0.25) is 4.79 Å². The highest BCUT2D eigenvalue weighted by Gasteiger charge is 2.28. The van der Waals surface area contributed by atoms with Crippen LogP contribution in [0.25, 0.3) is 0 Å². The van der Waals surface area contributed by atoms with Crippen LogP contribution in [0.4, 0.5) is 4.79 Å². The summed E-state index contributed by atoms with van der Waals surface area (Å²) in [4.78, 5) is 24.2. The third kappa shape index (κ3) is 4.68. The molecule has 2 N–H and O–H groups in total. The SMILES string of the molecule is C=CCCNC(=O)N1CCSCC1CC(=O)O. The molecule has 1 rings (SSSR count). The highest BCUT2D eigenvalue weighted by molar-refractivity contribution is 7.99. The molecule has 1 unspecified atom stereocenters. The van der Waals surface area contributed by atoms with Crippen LogP contribution >= 0.6 is 11.8 Å². The zero-order valence-electron chi connectivity index (χ0n) is 9.72. The number of rotatable bonds is 5. The standard InChI is InChI=1S/C11H18N2O3S/c1-2-3-4-12-11(16)13-5-6-17-8-9(13)7-10(14)15/h2,9H,1,3-8H2,(H,12,16)(H,14,15). The van der Waals surface area contributed by atoms with E-state index in [0.717, 1.165) is 12.2 Å². The number of hydrogen-bond acceptors (Lipinski definition) is 3. The lowest BCUT2D eigenvalue weighted by atomic mass is 10.2. The van der Waals surface area contributed by atoms with E-state index < -0.39 is 5.97 Å². The van der Waals surface area contributed by atoms with Crippen LogP contribution in [0.15, 0.2) is 12.7 Å². The highest BCUT2D eigenvalue weighted by atomic mass is 32.2. The van der Waals surface area contributed by atoms with Crippen molar-refractivity contribution < 1.29 is 14.7 Å². The summed E-state index contributed by atoms with van der Waals surface area (Å²) in [5.41, 5.74) is 0. The molecule has 1 aliphatic rings. The molecule has 0 aromatic heterocycles. The molecule has 1 saturated heterocycles. The summed E-state index contributed by atoms with van der Waals surface area (Å²) in [7, 11) is 0. The van der Waals surface area contributed by atoms with Crippen LogP contribution in [-0.2, 0) is 4.79 Å². The normalized spacial score (nSPS) is 19.8. The van der Waals surface area contributed by atoms with Crippen molar-refractivity contribution in [2.45, 2.75) is 18.9 Å². The van der Waals surface area contributed by atoms with Gasteiger partial charge in [-0.15, -0.1) is 6.58 Å². The van der Waals surface area contributed by atoms with Crippen molar-refractivity contribution in [3.63, 3.8) is 0 Å². The van der Waals surface area contributed by atoms with Crippen molar-refractivity contribution in [1.82, 2.24) is 10.2 Å². The third-order valence-corrected chi connectivity index (χ3v) is 3.62. The lowest BCUT2D eigenvalue weighted by Crippen LogP contribution is -2.51. The molecule has 1 aliphatic heterocycles. The maximum Gasteiger partial charge on any atom is 0.317 e. The molecule has 96 valence electrons. The fourth-order valence-corrected chi connectivity index (χ4v) is 2.74. The van der Waals surface area contributed by atoms with Crippen molar-refractivity contribution in [2.24, 2.45) is 0 Å². The molecule has 2 amide bonds. The number of nitrogens with zero attached hydrogens (tertiary/aromatic N) is 1. The van der Waals surface area contributed by atoms with E-state index in [0.29, 0.717) is 18.8 Å². The van der Waals surface area contributed by atoms with Gasteiger partial charge >= 0.3 is 12.0 Å². The first kappa shape index (κ1) is 13.9. The summed E-state index contributed by atoms with van der Waals surface area (Å²) in [5, 5.41) is 11.6. The van der Waals surface area contributed by atoms with Crippen molar-refractivity contribution in [3.05, 3.63) is 12.7 Å². The van der Waals surface area contributed by atoms with Crippen molar-refractivity contribution >= 4 is 23.8 Å². The topological polar surface area (TPSA) is 69.6 Å². The average molecular weight is 258 g/mol. The van der Waals surface area contributed by atoms with Gasteiger partial charge in [0.1, 0.15) is 0 Å². The molecule has 0 aromatic rings. The molecule has 0 saturated carbocycles. The molecule has 0 bridgehead atoms. The molecular formula is C11H18N2O3S. The van der Waals surface area contributed by atoms with Crippen LogP contribution in [0.3, 0.4) is 0 Å². The smallest absolute Gasteiger partial charge is 0.317 e. The van der Waals surface area contributed by atoms with Gasteiger partial charge in [0, 0.05) is 24.6 Å². The van der Waals surface area contributed by atoms with Crippen LogP contribution in [0.2, 0.25) is 0 Å². The van der Waals surface area contributed by atoms with Crippen LogP contribution in [0.1, 0.15) is 12.8 Å². The molecule has 0 aliphatic carbocycles. The molecule has 5 nitrogen and oxygen atoms in total. The van der Waals surface area contributed by atoms with E-state index in [1.165, 1.54) is 0 Å². The van der Waals surface area contributed by atoms with Gasteiger partial charge in [0.05, 0.1) is 12.5 Å². The Balaban J connectivity index is 2.48. The van der Waals surface area contributed by atoms with Crippen LogP contribution in [0.5, 0.6) is 0 Å². The van der Waals surface area contributed by atoms with Gasteiger partial charge in [-0.2, -0.15) is 11.8 Å². The molecule has 0 aromatic carbocycles. The minimum atomic E-state index is -0.860. The van der Waals surface area contributed by atoms with E-state index >= 15 is 0 Å². The lowest BCUT2D eigenvalue weighted by Gasteiger charge is -2.34. The Morgan fingerprint density at radius 3 is 3.00 bits per heavy atom. The van der Waals surface area contributed by atoms with Crippen LogP contribution < -0.4 is 5.32 Å². The Kier molecular flexibility index (Phi) is 5.90. The predicted octanol–water partition coefficient (Wildman–Crippen LogP) is 1.16. The number of carbonyl (C=O) groups excluding carboxylic acids is 1. The van der Waals surface area contributed by atoms with E-state index in [4.69, 9.17) is 5.11 Å². The van der Waals surface area contributed by atoms with Gasteiger partial charge in [0.15, 0.2) is 0 Å². The number of thioether (sulfide) groups is 1. The van der Waals surface area contributed by atoms with Gasteiger partial charge in [-0.25, -0.2) is 4.79 Å². The van der Waals surface area contributed by atoms with E-state index in [2.05, 4.69) is 11.9 Å². The predicted molar refractivity (Wildman–Crippen MR) is 68.3 cm³/mol. The third-order valence-electron chi connectivity index (χ3n) is 2.52. The summed E-state index contributed by atoms with van der Waals surface area (Å²) in [6.07, 6.45) is 2.47. The second kappa shape index (κ2) is 7.21. The van der Waals surface area contributed by atoms with E-state index in [9.17, 15) is 9.59 Å².